The Balaban J connectivity index is 2.43. The first-order valence-corrected chi connectivity index (χ1v) is 6.05. The van der Waals surface area contributed by atoms with E-state index >= 15 is 0 Å². The van der Waals surface area contributed by atoms with E-state index in [1.807, 2.05) is 18.2 Å². The lowest BCUT2D eigenvalue weighted by Crippen LogP contribution is -2.44. The molecule has 0 fully saturated rings. The molecule has 0 aromatic heterocycles. The predicted molar refractivity (Wildman–Crippen MR) is 73.3 cm³/mol. The molecule has 1 amide bonds. The Morgan fingerprint density at radius 3 is 2.58 bits per heavy atom. The van der Waals surface area contributed by atoms with Crippen molar-refractivity contribution >= 4 is 5.91 Å². The second kappa shape index (κ2) is 7.60. The van der Waals surface area contributed by atoms with E-state index in [0.29, 0.717) is 24.6 Å². The summed E-state index contributed by atoms with van der Waals surface area (Å²) in [6.45, 7) is 1.08. The van der Waals surface area contributed by atoms with Gasteiger partial charge in [0.15, 0.2) is 11.5 Å². The zero-order valence-corrected chi connectivity index (χ0v) is 11.3. The van der Waals surface area contributed by atoms with E-state index in [2.05, 4.69) is 5.32 Å². The summed E-state index contributed by atoms with van der Waals surface area (Å²) in [5.41, 5.74) is 11.7. The summed E-state index contributed by atoms with van der Waals surface area (Å²) in [6, 6.07) is 5.11. The van der Waals surface area contributed by atoms with Crippen LogP contribution in [0.5, 0.6) is 11.5 Å². The van der Waals surface area contributed by atoms with Crippen molar-refractivity contribution in [2.45, 2.75) is 12.5 Å². The molecule has 0 radical (unpaired) electrons. The van der Waals surface area contributed by atoms with E-state index in [0.717, 1.165) is 12.0 Å². The molecular weight excluding hydrogens is 246 g/mol. The van der Waals surface area contributed by atoms with Crippen LogP contribution in [0.1, 0.15) is 5.56 Å². The predicted octanol–water partition coefficient (Wildman–Crippen LogP) is -0.351. The zero-order chi connectivity index (χ0) is 14.3. The molecule has 1 atom stereocenters. The number of nitrogens with two attached hydrogens (primary N) is 2. The number of carbonyl (C=O) groups excluding carboxylic acids is 1. The lowest BCUT2D eigenvalue weighted by Gasteiger charge is -2.11. The summed E-state index contributed by atoms with van der Waals surface area (Å²) in [5, 5.41) is 3.08. The summed E-state index contributed by atoms with van der Waals surface area (Å²) >= 11 is 0. The van der Waals surface area contributed by atoms with Crippen LogP contribution in [0.15, 0.2) is 18.2 Å². The molecule has 1 aromatic carbocycles. The molecule has 0 saturated carbocycles. The molecular formula is C13H21N3O3. The van der Waals surface area contributed by atoms with Crippen molar-refractivity contribution in [3.63, 3.8) is 0 Å². The van der Waals surface area contributed by atoms with Crippen molar-refractivity contribution in [1.29, 1.82) is 0 Å². The first kappa shape index (κ1) is 15.3. The monoisotopic (exact) mass is 267 g/mol. The molecule has 106 valence electrons. The topological polar surface area (TPSA) is 99.6 Å². The van der Waals surface area contributed by atoms with Crippen molar-refractivity contribution in [2.75, 3.05) is 27.3 Å². The Morgan fingerprint density at radius 2 is 2.00 bits per heavy atom. The van der Waals surface area contributed by atoms with Gasteiger partial charge in [-0.2, -0.15) is 0 Å². The highest BCUT2D eigenvalue weighted by molar-refractivity contribution is 5.79. The highest BCUT2D eigenvalue weighted by Gasteiger charge is 2.08. The normalized spacial score (nSPS) is 11.9. The largest absolute Gasteiger partial charge is 0.493 e. The van der Waals surface area contributed by atoms with Crippen LogP contribution >= 0.6 is 0 Å². The van der Waals surface area contributed by atoms with Crippen LogP contribution in [0.25, 0.3) is 0 Å². The van der Waals surface area contributed by atoms with Crippen LogP contribution in [-0.2, 0) is 11.2 Å². The number of carbonyl (C=O) groups is 1. The maximum atomic E-state index is 10.7. The Labute approximate surface area is 113 Å². The number of amides is 1. The van der Waals surface area contributed by atoms with Crippen LogP contribution < -0.4 is 26.3 Å². The van der Waals surface area contributed by atoms with Gasteiger partial charge in [-0.1, -0.05) is 6.07 Å². The Kier molecular flexibility index (Phi) is 6.11. The van der Waals surface area contributed by atoms with E-state index in [4.69, 9.17) is 20.9 Å². The smallest absolute Gasteiger partial charge is 0.235 e. The summed E-state index contributed by atoms with van der Waals surface area (Å²) in [6.07, 6.45) is 0.797. The molecule has 0 aliphatic rings. The molecule has 19 heavy (non-hydrogen) atoms. The quantitative estimate of drug-likeness (QED) is 0.559. The van der Waals surface area contributed by atoms with Gasteiger partial charge in [0.1, 0.15) is 0 Å². The van der Waals surface area contributed by atoms with Crippen LogP contribution in [0.4, 0.5) is 0 Å². The van der Waals surface area contributed by atoms with Gasteiger partial charge >= 0.3 is 0 Å². The minimum atomic E-state index is -0.648. The van der Waals surface area contributed by atoms with Crippen molar-refractivity contribution in [3.05, 3.63) is 23.8 Å². The number of hydrogen-bond donors (Lipinski definition) is 3. The maximum Gasteiger partial charge on any atom is 0.235 e. The SMILES string of the molecule is COc1ccc(CCNCC(N)C(N)=O)cc1OC. The minimum Gasteiger partial charge on any atom is -0.493 e. The van der Waals surface area contributed by atoms with Gasteiger partial charge in [-0.05, 0) is 30.7 Å². The van der Waals surface area contributed by atoms with Gasteiger partial charge in [0, 0.05) is 6.54 Å². The molecule has 1 rings (SSSR count). The molecule has 5 N–H and O–H groups in total. The number of hydrogen-bond acceptors (Lipinski definition) is 5. The van der Waals surface area contributed by atoms with Crippen molar-refractivity contribution in [1.82, 2.24) is 5.32 Å². The molecule has 0 aliphatic heterocycles. The molecule has 6 heteroatoms. The fourth-order valence-electron chi connectivity index (χ4n) is 1.63. The molecule has 0 bridgehead atoms. The van der Waals surface area contributed by atoms with Crippen molar-refractivity contribution < 1.29 is 14.3 Å². The number of nitrogens with one attached hydrogen (secondary N) is 1. The van der Waals surface area contributed by atoms with E-state index in [1.165, 1.54) is 0 Å². The van der Waals surface area contributed by atoms with Crippen LogP contribution in [0.3, 0.4) is 0 Å². The third-order valence-corrected chi connectivity index (χ3v) is 2.77. The standard InChI is InChI=1S/C13H21N3O3/c1-18-11-4-3-9(7-12(11)19-2)5-6-16-8-10(14)13(15)17/h3-4,7,10,16H,5-6,8,14H2,1-2H3,(H2,15,17). The Hall–Kier alpha value is -1.79. The minimum absolute atomic E-state index is 0.378. The third-order valence-electron chi connectivity index (χ3n) is 2.77. The van der Waals surface area contributed by atoms with Crippen LogP contribution in [0.2, 0.25) is 0 Å². The van der Waals surface area contributed by atoms with Gasteiger partial charge in [0.05, 0.1) is 20.3 Å². The van der Waals surface area contributed by atoms with Gasteiger partial charge in [0.25, 0.3) is 0 Å². The Bertz CT molecular complexity index is 424. The second-order valence-corrected chi connectivity index (χ2v) is 4.15. The van der Waals surface area contributed by atoms with Gasteiger partial charge in [-0.25, -0.2) is 0 Å². The molecule has 0 spiro atoms. The van der Waals surface area contributed by atoms with E-state index in [-0.39, 0.29) is 0 Å². The molecule has 6 nitrogen and oxygen atoms in total. The Morgan fingerprint density at radius 1 is 1.32 bits per heavy atom. The summed E-state index contributed by atoms with van der Waals surface area (Å²) in [7, 11) is 3.20. The van der Waals surface area contributed by atoms with E-state index < -0.39 is 11.9 Å². The van der Waals surface area contributed by atoms with Gasteiger partial charge < -0.3 is 26.3 Å². The third kappa shape index (κ3) is 4.76. The van der Waals surface area contributed by atoms with Gasteiger partial charge in [-0.3, -0.25) is 4.79 Å². The van der Waals surface area contributed by atoms with Crippen LogP contribution in [0, 0.1) is 0 Å². The molecule has 0 heterocycles. The maximum absolute atomic E-state index is 10.7. The first-order chi connectivity index (χ1) is 9.08. The van der Waals surface area contributed by atoms with E-state index in [1.54, 1.807) is 14.2 Å². The number of ether oxygens (including phenoxy) is 2. The first-order valence-electron chi connectivity index (χ1n) is 6.05. The fraction of sp³-hybridized carbons (Fsp3) is 0.462. The van der Waals surface area contributed by atoms with Crippen LogP contribution in [-0.4, -0.2) is 39.3 Å². The molecule has 1 unspecified atom stereocenters. The lowest BCUT2D eigenvalue weighted by molar-refractivity contribution is -0.119. The van der Waals surface area contributed by atoms with Crippen molar-refractivity contribution in [2.24, 2.45) is 11.5 Å². The average molecular weight is 267 g/mol. The molecule has 0 aliphatic carbocycles. The summed E-state index contributed by atoms with van der Waals surface area (Å²) in [4.78, 5) is 10.7. The highest BCUT2D eigenvalue weighted by Crippen LogP contribution is 2.27. The highest BCUT2D eigenvalue weighted by atomic mass is 16.5. The average Bonchev–Trinajstić information content (AvgIpc) is 2.42. The number of rotatable bonds is 8. The van der Waals surface area contributed by atoms with Gasteiger partial charge in [-0.15, -0.1) is 0 Å². The fourth-order valence-corrected chi connectivity index (χ4v) is 1.63. The number of methoxy groups -OCH3 is 2. The molecule has 0 saturated heterocycles. The number of primary amides is 1. The number of benzene rings is 1. The lowest BCUT2D eigenvalue weighted by atomic mass is 10.1. The second-order valence-electron chi connectivity index (χ2n) is 4.15. The van der Waals surface area contributed by atoms with E-state index in [9.17, 15) is 4.79 Å². The van der Waals surface area contributed by atoms with Gasteiger partial charge in [0.2, 0.25) is 5.91 Å². The zero-order valence-electron chi connectivity index (χ0n) is 11.3. The molecule has 1 aromatic rings. The summed E-state index contributed by atoms with van der Waals surface area (Å²) in [5.74, 6) is 0.905. The summed E-state index contributed by atoms with van der Waals surface area (Å²) < 4.78 is 10.4. The van der Waals surface area contributed by atoms with Crippen molar-refractivity contribution in [3.8, 4) is 11.5 Å².